The minimum Gasteiger partial charge on any atom is -0.497 e. The minimum absolute atomic E-state index is 0.0260. The summed E-state index contributed by atoms with van der Waals surface area (Å²) in [7, 11) is 1.48. The molecule has 0 spiro atoms. The van der Waals surface area contributed by atoms with Crippen LogP contribution in [0.25, 0.3) is 0 Å². The van der Waals surface area contributed by atoms with Gasteiger partial charge in [-0.3, -0.25) is 14.4 Å². The number of allylic oxidation sites excluding steroid dienone is 2. The molecule has 0 radical (unpaired) electrons. The molecule has 42 heavy (non-hydrogen) atoms. The van der Waals surface area contributed by atoms with E-state index >= 15 is 0 Å². The maximum Gasteiger partial charge on any atom is 0.506 e. The van der Waals surface area contributed by atoms with Crippen molar-refractivity contribution in [2.24, 2.45) is 5.73 Å². The zero-order chi connectivity index (χ0) is 31.1. The van der Waals surface area contributed by atoms with Crippen LogP contribution in [0, 0.1) is 22.7 Å². The Labute approximate surface area is 243 Å². The maximum absolute atomic E-state index is 12.1. The Kier molecular flexibility index (Phi) is 10.2. The summed E-state index contributed by atoms with van der Waals surface area (Å²) in [6.07, 6.45) is -8.53. The molecule has 0 aliphatic carbocycles. The van der Waals surface area contributed by atoms with Crippen molar-refractivity contribution in [3.8, 4) is 17.9 Å². The Balaban J connectivity index is 2.13. The summed E-state index contributed by atoms with van der Waals surface area (Å²) in [5, 5.41) is 32.2. The van der Waals surface area contributed by atoms with Crippen molar-refractivity contribution >= 4 is 35.8 Å². The topological polar surface area (TPSA) is 230 Å². The van der Waals surface area contributed by atoms with Crippen LogP contribution in [-0.4, -0.2) is 66.3 Å². The average molecular weight is 603 g/mol. The highest BCUT2D eigenvalue weighted by Crippen LogP contribution is 2.44. The van der Waals surface area contributed by atoms with Crippen LogP contribution in [0.5, 0.6) is 5.75 Å². The van der Waals surface area contributed by atoms with Gasteiger partial charge in [0.15, 0.2) is 17.6 Å². The van der Waals surface area contributed by atoms with Gasteiger partial charge in [0.2, 0.25) is 12.4 Å². The SMILES string of the molecule is COc1ccc(C2C(C#N)=C(N)NC(S[C@@H]3O[C@H](OC(C)=O)[C@H](OC(=O)O)[C@H](OC(C)=O)[C@H]3OC(C)=O)=C2C#N)cc1. The summed E-state index contributed by atoms with van der Waals surface area (Å²) in [6, 6.07) is 10.7. The molecular formula is C26H26N4O11S. The number of nitrogens with one attached hydrogen (secondary N) is 1. The smallest absolute Gasteiger partial charge is 0.497 e. The minimum atomic E-state index is -1.82. The molecule has 1 unspecified atom stereocenters. The first-order valence-electron chi connectivity index (χ1n) is 12.1. The fraction of sp³-hybridized carbons (Fsp3) is 0.385. The van der Waals surface area contributed by atoms with Crippen molar-refractivity contribution in [3.63, 3.8) is 0 Å². The first kappa shape index (κ1) is 31.6. The molecule has 1 saturated heterocycles. The fourth-order valence-electron chi connectivity index (χ4n) is 4.28. The van der Waals surface area contributed by atoms with E-state index in [2.05, 4.69) is 11.4 Å². The number of nitriles is 2. The number of ether oxygens (including phenoxy) is 6. The number of carboxylic acid groups (broad SMARTS) is 1. The van der Waals surface area contributed by atoms with Gasteiger partial charge in [-0.25, -0.2) is 4.79 Å². The standard InChI is InChI=1S/C26H26N4O11S/c1-11(31)37-19-20(40-26(34)35)24(39-13(3)33)41-25(21(19)38-12(2)32)42-23-17(10-28)18(16(9-27)22(29)30-23)14-5-7-15(36-4)8-6-14/h5-8,18-21,24-25,30H,29H2,1-4H3,(H,34,35)/t18?,19-,20+,21+,24-,25-/m0/s1. The molecule has 15 nitrogen and oxygen atoms in total. The predicted octanol–water partition coefficient (Wildman–Crippen LogP) is 1.72. The van der Waals surface area contributed by atoms with Gasteiger partial charge in [-0.1, -0.05) is 23.9 Å². The van der Waals surface area contributed by atoms with Crippen LogP contribution in [0.1, 0.15) is 32.3 Å². The summed E-state index contributed by atoms with van der Waals surface area (Å²) < 4.78 is 31.6. The van der Waals surface area contributed by atoms with E-state index in [9.17, 15) is 34.8 Å². The van der Waals surface area contributed by atoms with E-state index in [0.717, 1.165) is 32.5 Å². The molecule has 2 heterocycles. The molecular weight excluding hydrogens is 576 g/mol. The van der Waals surface area contributed by atoms with Crippen LogP contribution in [0.4, 0.5) is 4.79 Å². The van der Waals surface area contributed by atoms with Gasteiger partial charge in [-0.15, -0.1) is 0 Å². The second kappa shape index (κ2) is 13.6. The van der Waals surface area contributed by atoms with Gasteiger partial charge in [0.25, 0.3) is 0 Å². The zero-order valence-corrected chi connectivity index (χ0v) is 23.5. The number of esters is 3. The molecule has 6 atom stereocenters. The quantitative estimate of drug-likeness (QED) is 0.284. The third-order valence-corrected chi connectivity index (χ3v) is 7.03. The van der Waals surface area contributed by atoms with Crippen LogP contribution in [0.3, 0.4) is 0 Å². The molecule has 0 aromatic heterocycles. The van der Waals surface area contributed by atoms with Gasteiger partial charge < -0.3 is 44.6 Å². The molecule has 2 aliphatic heterocycles. The van der Waals surface area contributed by atoms with Gasteiger partial charge in [0.1, 0.15) is 11.6 Å². The molecule has 222 valence electrons. The highest BCUT2D eigenvalue weighted by molar-refractivity contribution is 8.03. The van der Waals surface area contributed by atoms with Crippen LogP contribution < -0.4 is 15.8 Å². The summed E-state index contributed by atoms with van der Waals surface area (Å²) >= 11 is 0.742. The van der Waals surface area contributed by atoms with E-state index in [1.54, 1.807) is 24.3 Å². The predicted molar refractivity (Wildman–Crippen MR) is 140 cm³/mol. The normalized spacial score (nSPS) is 25.2. The summed E-state index contributed by atoms with van der Waals surface area (Å²) in [5.41, 5.74) is 5.39. The Morgan fingerprint density at radius 1 is 0.905 bits per heavy atom. The van der Waals surface area contributed by atoms with Crippen molar-refractivity contribution < 1.29 is 52.7 Å². The van der Waals surface area contributed by atoms with E-state index in [4.69, 9.17) is 34.2 Å². The lowest BCUT2D eigenvalue weighted by Gasteiger charge is -2.43. The third-order valence-electron chi connectivity index (χ3n) is 5.86. The average Bonchev–Trinajstić information content (AvgIpc) is 2.91. The molecule has 0 bridgehead atoms. The molecule has 16 heteroatoms. The molecule has 0 saturated carbocycles. The molecule has 1 fully saturated rings. The fourth-order valence-corrected chi connectivity index (χ4v) is 5.48. The number of nitrogens with two attached hydrogens (primary N) is 1. The van der Waals surface area contributed by atoms with E-state index in [1.807, 2.05) is 6.07 Å². The summed E-state index contributed by atoms with van der Waals surface area (Å²) in [4.78, 5) is 47.4. The largest absolute Gasteiger partial charge is 0.506 e. The number of hydrogen-bond donors (Lipinski definition) is 3. The number of rotatable bonds is 8. The lowest BCUT2D eigenvalue weighted by molar-refractivity contribution is -0.277. The van der Waals surface area contributed by atoms with Crippen molar-refractivity contribution in [2.75, 3.05) is 7.11 Å². The van der Waals surface area contributed by atoms with Crippen LogP contribution in [0.15, 0.2) is 46.3 Å². The van der Waals surface area contributed by atoms with Crippen molar-refractivity contribution in [2.45, 2.75) is 56.7 Å². The number of carbonyl (C=O) groups is 4. The molecule has 1 aromatic rings. The van der Waals surface area contributed by atoms with E-state index in [0.29, 0.717) is 11.3 Å². The Bertz CT molecular complexity index is 1400. The maximum atomic E-state index is 12.1. The van der Waals surface area contributed by atoms with Gasteiger partial charge in [0.05, 0.1) is 41.3 Å². The number of thioether (sulfide) groups is 1. The van der Waals surface area contributed by atoms with Gasteiger partial charge in [-0.2, -0.15) is 10.5 Å². The second-order valence-corrected chi connectivity index (χ2v) is 9.83. The zero-order valence-electron chi connectivity index (χ0n) is 22.7. The number of benzene rings is 1. The summed E-state index contributed by atoms with van der Waals surface area (Å²) in [6.45, 7) is 3.10. The third kappa shape index (κ3) is 7.22. The molecule has 3 rings (SSSR count). The Hall–Kier alpha value is -4.93. The number of nitrogens with zero attached hydrogens (tertiary/aromatic N) is 2. The van der Waals surface area contributed by atoms with Gasteiger partial charge >= 0.3 is 24.1 Å². The van der Waals surface area contributed by atoms with Crippen molar-refractivity contribution in [1.29, 1.82) is 10.5 Å². The van der Waals surface area contributed by atoms with Gasteiger partial charge in [0, 0.05) is 20.8 Å². The number of hydrogen-bond acceptors (Lipinski definition) is 15. The molecule has 4 N–H and O–H groups in total. The first-order chi connectivity index (χ1) is 19.9. The monoisotopic (exact) mass is 602 g/mol. The van der Waals surface area contributed by atoms with Crippen LogP contribution >= 0.6 is 11.8 Å². The first-order valence-corrected chi connectivity index (χ1v) is 13.0. The number of methoxy groups -OCH3 is 1. The number of carbonyl (C=O) groups excluding carboxylic acids is 3. The number of dihydropyridines is 1. The van der Waals surface area contributed by atoms with Crippen LogP contribution in [0.2, 0.25) is 0 Å². The highest BCUT2D eigenvalue weighted by atomic mass is 32.2. The Morgan fingerprint density at radius 3 is 1.98 bits per heavy atom. The molecule has 0 amide bonds. The molecule has 2 aliphatic rings. The van der Waals surface area contributed by atoms with Crippen molar-refractivity contribution in [3.05, 3.63) is 51.8 Å². The van der Waals surface area contributed by atoms with E-state index in [-0.39, 0.29) is 22.0 Å². The lowest BCUT2D eigenvalue weighted by Crippen LogP contribution is -2.61. The van der Waals surface area contributed by atoms with Gasteiger partial charge in [-0.05, 0) is 17.7 Å². The second-order valence-electron chi connectivity index (χ2n) is 8.72. The van der Waals surface area contributed by atoms with Crippen LogP contribution in [-0.2, 0) is 38.1 Å². The highest BCUT2D eigenvalue weighted by Gasteiger charge is 2.54. The molecule has 1 aromatic carbocycles. The lowest BCUT2D eigenvalue weighted by atomic mass is 9.84. The summed E-state index contributed by atoms with van der Waals surface area (Å²) in [5.74, 6) is -3.14. The van der Waals surface area contributed by atoms with E-state index in [1.165, 1.54) is 7.11 Å². The van der Waals surface area contributed by atoms with E-state index < -0.39 is 60.0 Å². The van der Waals surface area contributed by atoms with Crippen molar-refractivity contribution in [1.82, 2.24) is 5.32 Å². The Morgan fingerprint density at radius 2 is 1.48 bits per heavy atom.